The van der Waals surface area contributed by atoms with Gasteiger partial charge in [0.1, 0.15) is 0 Å². The standard InChI is InChI=1S/C13H21N3S/c1-11(2)9-14-6-4-3-5-12-10-16-7-8-17-13(16)15-12/h7-8,10-11,14H,3-6,9H2,1-2H3. The zero-order valence-corrected chi connectivity index (χ0v) is 11.5. The number of thiazole rings is 1. The van der Waals surface area contributed by atoms with E-state index in [0.717, 1.165) is 30.4 Å². The minimum Gasteiger partial charge on any atom is -0.316 e. The summed E-state index contributed by atoms with van der Waals surface area (Å²) in [6, 6.07) is 0. The van der Waals surface area contributed by atoms with E-state index >= 15 is 0 Å². The van der Waals surface area contributed by atoms with Crippen molar-refractivity contribution < 1.29 is 0 Å². The summed E-state index contributed by atoms with van der Waals surface area (Å²) in [5, 5.41) is 5.54. The van der Waals surface area contributed by atoms with Crippen molar-refractivity contribution in [3.63, 3.8) is 0 Å². The molecule has 0 aliphatic heterocycles. The van der Waals surface area contributed by atoms with Crippen LogP contribution in [0.5, 0.6) is 0 Å². The number of rotatable bonds is 7. The lowest BCUT2D eigenvalue weighted by atomic mass is 10.2. The highest BCUT2D eigenvalue weighted by molar-refractivity contribution is 7.15. The molecule has 3 nitrogen and oxygen atoms in total. The number of nitrogens with one attached hydrogen (secondary N) is 1. The molecule has 0 radical (unpaired) electrons. The number of aromatic nitrogens is 2. The van der Waals surface area contributed by atoms with Gasteiger partial charge in [0.25, 0.3) is 0 Å². The van der Waals surface area contributed by atoms with E-state index in [1.165, 1.54) is 18.5 Å². The Morgan fingerprint density at radius 2 is 2.29 bits per heavy atom. The highest BCUT2D eigenvalue weighted by Gasteiger charge is 2.01. The van der Waals surface area contributed by atoms with Gasteiger partial charge >= 0.3 is 0 Å². The summed E-state index contributed by atoms with van der Waals surface area (Å²) in [6.07, 6.45) is 7.76. The maximum Gasteiger partial charge on any atom is 0.193 e. The van der Waals surface area contributed by atoms with E-state index in [9.17, 15) is 0 Å². The maximum atomic E-state index is 4.58. The zero-order valence-electron chi connectivity index (χ0n) is 10.6. The van der Waals surface area contributed by atoms with Gasteiger partial charge in [0, 0.05) is 17.8 Å². The van der Waals surface area contributed by atoms with Crippen LogP contribution >= 0.6 is 11.3 Å². The number of aryl methyl sites for hydroxylation is 1. The molecule has 0 amide bonds. The summed E-state index contributed by atoms with van der Waals surface area (Å²) < 4.78 is 2.11. The lowest BCUT2D eigenvalue weighted by Gasteiger charge is -2.06. The fourth-order valence-electron chi connectivity index (χ4n) is 1.84. The zero-order chi connectivity index (χ0) is 12.1. The van der Waals surface area contributed by atoms with Gasteiger partial charge in [-0.15, -0.1) is 11.3 Å². The number of hydrogen-bond acceptors (Lipinski definition) is 3. The fourth-order valence-corrected chi connectivity index (χ4v) is 2.56. The van der Waals surface area contributed by atoms with E-state index < -0.39 is 0 Å². The summed E-state index contributed by atoms with van der Waals surface area (Å²) in [6.45, 7) is 6.73. The average Bonchev–Trinajstić information content (AvgIpc) is 2.82. The Kier molecular flexibility index (Phi) is 4.57. The lowest BCUT2D eigenvalue weighted by molar-refractivity contribution is 0.535. The van der Waals surface area contributed by atoms with Crippen molar-refractivity contribution in [2.24, 2.45) is 5.92 Å². The van der Waals surface area contributed by atoms with Crippen LogP contribution in [0.3, 0.4) is 0 Å². The summed E-state index contributed by atoms with van der Waals surface area (Å²) in [5.74, 6) is 0.745. The molecule has 0 spiro atoms. The van der Waals surface area contributed by atoms with Crippen LogP contribution in [0.1, 0.15) is 32.4 Å². The van der Waals surface area contributed by atoms with E-state index in [2.05, 4.69) is 46.3 Å². The Balaban J connectivity index is 1.64. The van der Waals surface area contributed by atoms with E-state index in [1.54, 1.807) is 11.3 Å². The second-order valence-electron chi connectivity index (χ2n) is 4.88. The monoisotopic (exact) mass is 251 g/mol. The van der Waals surface area contributed by atoms with E-state index in [0.29, 0.717) is 0 Å². The first kappa shape index (κ1) is 12.6. The third-order valence-corrected chi connectivity index (χ3v) is 3.50. The largest absolute Gasteiger partial charge is 0.316 e. The molecule has 2 rings (SSSR count). The molecule has 0 bridgehead atoms. The van der Waals surface area contributed by atoms with Gasteiger partial charge in [0.15, 0.2) is 4.96 Å². The molecule has 0 aliphatic carbocycles. The molecule has 2 aromatic heterocycles. The molecular weight excluding hydrogens is 230 g/mol. The van der Waals surface area contributed by atoms with E-state index in [1.807, 2.05) is 0 Å². The third kappa shape index (κ3) is 3.82. The first-order chi connectivity index (χ1) is 8.25. The summed E-state index contributed by atoms with van der Waals surface area (Å²) in [7, 11) is 0. The minimum atomic E-state index is 0.745. The quantitative estimate of drug-likeness (QED) is 0.767. The molecular formula is C13H21N3S. The molecule has 94 valence electrons. The first-order valence-electron chi connectivity index (χ1n) is 6.37. The van der Waals surface area contributed by atoms with E-state index in [-0.39, 0.29) is 0 Å². The summed E-state index contributed by atoms with van der Waals surface area (Å²) >= 11 is 1.70. The predicted octanol–water partition coefficient (Wildman–Crippen LogP) is 2.96. The molecule has 2 heterocycles. The Bertz CT molecular complexity index is 416. The van der Waals surface area contributed by atoms with Crippen molar-refractivity contribution in [3.05, 3.63) is 23.5 Å². The Morgan fingerprint density at radius 3 is 3.06 bits per heavy atom. The molecule has 0 saturated heterocycles. The third-order valence-electron chi connectivity index (χ3n) is 2.73. The number of hydrogen-bond donors (Lipinski definition) is 1. The van der Waals surface area contributed by atoms with Gasteiger partial charge in [-0.05, 0) is 38.3 Å². The van der Waals surface area contributed by atoms with Crippen LogP contribution in [-0.2, 0) is 6.42 Å². The molecule has 1 N–H and O–H groups in total. The minimum absolute atomic E-state index is 0.745. The van der Waals surface area contributed by atoms with Gasteiger partial charge in [-0.25, -0.2) is 4.98 Å². The van der Waals surface area contributed by atoms with Crippen LogP contribution in [0.25, 0.3) is 4.96 Å². The molecule has 0 fully saturated rings. The second-order valence-corrected chi connectivity index (χ2v) is 5.75. The van der Waals surface area contributed by atoms with Gasteiger partial charge in [-0.1, -0.05) is 13.8 Å². The van der Waals surface area contributed by atoms with Gasteiger partial charge in [-0.2, -0.15) is 0 Å². The Hall–Kier alpha value is -0.870. The van der Waals surface area contributed by atoms with Gasteiger partial charge in [-0.3, -0.25) is 4.40 Å². The van der Waals surface area contributed by atoms with Crippen molar-refractivity contribution in [3.8, 4) is 0 Å². The molecule has 0 atom stereocenters. The molecule has 4 heteroatoms. The van der Waals surface area contributed by atoms with Crippen molar-refractivity contribution in [2.75, 3.05) is 13.1 Å². The first-order valence-corrected chi connectivity index (χ1v) is 7.25. The van der Waals surface area contributed by atoms with Crippen LogP contribution in [-0.4, -0.2) is 22.5 Å². The van der Waals surface area contributed by atoms with Crippen LogP contribution in [0, 0.1) is 5.92 Å². The van der Waals surface area contributed by atoms with Crippen LogP contribution < -0.4 is 5.32 Å². The fraction of sp³-hybridized carbons (Fsp3) is 0.615. The molecule has 2 aromatic rings. The van der Waals surface area contributed by atoms with Crippen molar-refractivity contribution in [1.82, 2.24) is 14.7 Å². The molecule has 17 heavy (non-hydrogen) atoms. The highest BCUT2D eigenvalue weighted by atomic mass is 32.1. The number of fused-ring (bicyclic) bond motifs is 1. The smallest absolute Gasteiger partial charge is 0.193 e. The summed E-state index contributed by atoms with van der Waals surface area (Å²) in [4.78, 5) is 5.69. The van der Waals surface area contributed by atoms with Crippen molar-refractivity contribution in [2.45, 2.75) is 33.1 Å². The molecule has 0 aliphatic rings. The van der Waals surface area contributed by atoms with Crippen molar-refractivity contribution >= 4 is 16.3 Å². The van der Waals surface area contributed by atoms with Crippen molar-refractivity contribution in [1.29, 1.82) is 0 Å². The Morgan fingerprint density at radius 1 is 1.41 bits per heavy atom. The SMILES string of the molecule is CC(C)CNCCCCc1cn2ccsc2n1. The molecule has 0 saturated carbocycles. The maximum absolute atomic E-state index is 4.58. The van der Waals surface area contributed by atoms with Crippen LogP contribution in [0.4, 0.5) is 0 Å². The molecule has 0 aromatic carbocycles. The van der Waals surface area contributed by atoms with Gasteiger partial charge < -0.3 is 5.32 Å². The molecule has 0 unspecified atom stereocenters. The average molecular weight is 251 g/mol. The van der Waals surface area contributed by atoms with E-state index in [4.69, 9.17) is 0 Å². The topological polar surface area (TPSA) is 29.3 Å². The van der Waals surface area contributed by atoms with Crippen LogP contribution in [0.2, 0.25) is 0 Å². The predicted molar refractivity (Wildman–Crippen MR) is 73.7 cm³/mol. The van der Waals surface area contributed by atoms with Gasteiger partial charge in [0.2, 0.25) is 0 Å². The van der Waals surface area contributed by atoms with Gasteiger partial charge in [0.05, 0.1) is 5.69 Å². The Labute approximate surface area is 107 Å². The second kappa shape index (κ2) is 6.17. The normalized spacial score (nSPS) is 11.7. The number of nitrogens with zero attached hydrogens (tertiary/aromatic N) is 2. The van der Waals surface area contributed by atoms with Crippen LogP contribution in [0.15, 0.2) is 17.8 Å². The number of unbranched alkanes of at least 4 members (excludes halogenated alkanes) is 1. The number of imidazole rings is 1. The summed E-state index contributed by atoms with van der Waals surface area (Å²) in [5.41, 5.74) is 1.22. The highest BCUT2D eigenvalue weighted by Crippen LogP contribution is 2.12. The lowest BCUT2D eigenvalue weighted by Crippen LogP contribution is -2.20.